The van der Waals surface area contributed by atoms with Crippen LogP contribution >= 0.6 is 0 Å². The van der Waals surface area contributed by atoms with E-state index in [2.05, 4.69) is 0 Å². The van der Waals surface area contributed by atoms with Crippen molar-refractivity contribution < 1.29 is 23.0 Å². The summed E-state index contributed by atoms with van der Waals surface area (Å²) in [6, 6.07) is 6.45. The highest BCUT2D eigenvalue weighted by Gasteiger charge is 2.40. The Bertz CT molecular complexity index is 548. The molecule has 7 heteroatoms. The van der Waals surface area contributed by atoms with Crippen molar-refractivity contribution in [3.05, 3.63) is 29.8 Å². The van der Waals surface area contributed by atoms with Crippen LogP contribution in [0.1, 0.15) is 5.56 Å². The lowest BCUT2D eigenvalue weighted by Gasteiger charge is -2.17. The Kier molecular flexibility index (Phi) is 4.77. The van der Waals surface area contributed by atoms with E-state index in [0.717, 1.165) is 0 Å². The molecular formula is C13H19NO5S. The van der Waals surface area contributed by atoms with Gasteiger partial charge in [-0.05, 0) is 11.6 Å². The van der Waals surface area contributed by atoms with Crippen molar-refractivity contribution in [1.29, 1.82) is 0 Å². The number of hydrogen-bond acceptors (Lipinski definition) is 5. The highest BCUT2D eigenvalue weighted by molar-refractivity contribution is 7.89. The van der Waals surface area contributed by atoms with Crippen LogP contribution in [0.2, 0.25) is 0 Å². The number of ether oxygens (including phenoxy) is 2. The molecule has 1 aliphatic rings. The Morgan fingerprint density at radius 1 is 1.20 bits per heavy atom. The summed E-state index contributed by atoms with van der Waals surface area (Å²) in [6.07, 6.45) is -0.563. The molecule has 2 rings (SSSR count). The fraction of sp³-hybridized carbons (Fsp3) is 0.538. The van der Waals surface area contributed by atoms with Crippen LogP contribution in [0.4, 0.5) is 0 Å². The van der Waals surface area contributed by atoms with Crippen LogP contribution in [0, 0.1) is 0 Å². The van der Waals surface area contributed by atoms with Crippen molar-refractivity contribution >= 4 is 10.0 Å². The fourth-order valence-corrected chi connectivity index (χ4v) is 4.06. The van der Waals surface area contributed by atoms with Crippen LogP contribution in [0.3, 0.4) is 0 Å². The Labute approximate surface area is 119 Å². The highest BCUT2D eigenvalue weighted by atomic mass is 32.2. The molecule has 1 fully saturated rings. The monoisotopic (exact) mass is 301 g/mol. The Hall–Kier alpha value is -0.990. The van der Waals surface area contributed by atoms with Gasteiger partial charge >= 0.3 is 0 Å². The second-order valence-corrected chi connectivity index (χ2v) is 6.54. The first-order chi connectivity index (χ1) is 9.54. The number of benzene rings is 1. The van der Waals surface area contributed by atoms with Crippen molar-refractivity contribution in [2.75, 3.05) is 27.3 Å². The molecule has 0 aliphatic carbocycles. The molecule has 1 N–H and O–H groups in total. The zero-order valence-electron chi connectivity index (χ0n) is 11.5. The number of methoxy groups -OCH3 is 2. The van der Waals surface area contributed by atoms with Gasteiger partial charge in [0, 0.05) is 27.3 Å². The van der Waals surface area contributed by atoms with E-state index >= 15 is 0 Å². The SMILES string of the molecule is COC1CN(S(=O)(=O)c2ccccc2CO)CC1OC. The highest BCUT2D eigenvalue weighted by Crippen LogP contribution is 2.26. The van der Waals surface area contributed by atoms with E-state index < -0.39 is 10.0 Å². The van der Waals surface area contributed by atoms with Gasteiger partial charge < -0.3 is 14.6 Å². The Morgan fingerprint density at radius 3 is 2.25 bits per heavy atom. The lowest BCUT2D eigenvalue weighted by atomic mass is 10.2. The molecule has 0 saturated carbocycles. The standard InChI is InChI=1S/C13H19NO5S/c1-18-11-7-14(8-12(11)19-2)20(16,17)13-6-4-3-5-10(13)9-15/h3-6,11-12,15H,7-9H2,1-2H3. The third-order valence-corrected chi connectivity index (χ3v) is 5.48. The lowest BCUT2D eigenvalue weighted by Crippen LogP contribution is -2.31. The summed E-state index contributed by atoms with van der Waals surface area (Å²) in [5, 5.41) is 9.29. The molecule has 1 aliphatic heterocycles. The van der Waals surface area contributed by atoms with Crippen molar-refractivity contribution in [3.63, 3.8) is 0 Å². The lowest BCUT2D eigenvalue weighted by molar-refractivity contribution is -0.00461. The van der Waals surface area contributed by atoms with Crippen LogP contribution in [0.15, 0.2) is 29.2 Å². The Balaban J connectivity index is 2.32. The summed E-state index contributed by atoms with van der Waals surface area (Å²) in [5.74, 6) is 0. The zero-order valence-corrected chi connectivity index (χ0v) is 12.3. The molecule has 6 nitrogen and oxygen atoms in total. The first kappa shape index (κ1) is 15.4. The van der Waals surface area contributed by atoms with Crippen molar-refractivity contribution in [2.45, 2.75) is 23.7 Å². The van der Waals surface area contributed by atoms with E-state index in [4.69, 9.17) is 9.47 Å². The van der Waals surface area contributed by atoms with Crippen LogP contribution in [0.5, 0.6) is 0 Å². The van der Waals surface area contributed by atoms with Crippen LogP contribution in [-0.2, 0) is 26.1 Å². The van der Waals surface area contributed by atoms with Gasteiger partial charge in [0.1, 0.15) is 0 Å². The molecule has 0 bridgehead atoms. The summed E-state index contributed by atoms with van der Waals surface area (Å²) in [5.41, 5.74) is 0.391. The van der Waals surface area contributed by atoms with Gasteiger partial charge in [0.05, 0.1) is 23.7 Å². The first-order valence-electron chi connectivity index (χ1n) is 6.29. The minimum atomic E-state index is -3.65. The van der Waals surface area contributed by atoms with Gasteiger partial charge in [0.2, 0.25) is 10.0 Å². The maximum Gasteiger partial charge on any atom is 0.243 e. The molecule has 1 saturated heterocycles. The normalized spacial score (nSPS) is 24.1. The van der Waals surface area contributed by atoms with E-state index in [1.165, 1.54) is 24.6 Å². The summed E-state index contributed by atoms with van der Waals surface area (Å²) in [6.45, 7) is 0.179. The second kappa shape index (κ2) is 6.19. The molecule has 2 atom stereocenters. The minimum Gasteiger partial charge on any atom is -0.392 e. The molecule has 2 unspecified atom stereocenters. The average molecular weight is 301 g/mol. The Morgan fingerprint density at radius 2 is 1.75 bits per heavy atom. The summed E-state index contributed by atoms with van der Waals surface area (Å²) in [4.78, 5) is 0.133. The number of rotatable bonds is 5. The third kappa shape index (κ3) is 2.72. The molecule has 1 heterocycles. The van der Waals surface area contributed by atoms with Gasteiger partial charge in [0.25, 0.3) is 0 Å². The quantitative estimate of drug-likeness (QED) is 0.841. The van der Waals surface area contributed by atoms with Crippen molar-refractivity contribution in [3.8, 4) is 0 Å². The van der Waals surface area contributed by atoms with Gasteiger partial charge in [0.15, 0.2) is 0 Å². The van der Waals surface area contributed by atoms with E-state index in [-0.39, 0.29) is 36.8 Å². The molecule has 20 heavy (non-hydrogen) atoms. The maximum atomic E-state index is 12.6. The first-order valence-corrected chi connectivity index (χ1v) is 7.73. The summed E-state index contributed by atoms with van der Waals surface area (Å²) < 4.78 is 37.1. The number of nitrogens with zero attached hydrogens (tertiary/aromatic N) is 1. The largest absolute Gasteiger partial charge is 0.392 e. The van der Waals surface area contributed by atoms with Gasteiger partial charge in [-0.15, -0.1) is 0 Å². The maximum absolute atomic E-state index is 12.6. The van der Waals surface area contributed by atoms with Crippen LogP contribution in [0.25, 0.3) is 0 Å². The predicted octanol–water partition coefficient (Wildman–Crippen LogP) is 0.213. The molecule has 112 valence electrons. The molecule has 0 amide bonds. The molecule has 0 aromatic heterocycles. The minimum absolute atomic E-state index is 0.133. The average Bonchev–Trinajstić information content (AvgIpc) is 2.91. The van der Waals surface area contributed by atoms with Gasteiger partial charge in [-0.25, -0.2) is 8.42 Å². The number of sulfonamides is 1. The fourth-order valence-electron chi connectivity index (χ4n) is 2.39. The van der Waals surface area contributed by atoms with E-state index in [1.807, 2.05) is 0 Å². The summed E-state index contributed by atoms with van der Waals surface area (Å²) in [7, 11) is -0.582. The predicted molar refractivity (Wildman–Crippen MR) is 72.7 cm³/mol. The van der Waals surface area contributed by atoms with Crippen molar-refractivity contribution in [2.24, 2.45) is 0 Å². The van der Waals surface area contributed by atoms with E-state index in [0.29, 0.717) is 5.56 Å². The molecule has 0 spiro atoms. The zero-order chi connectivity index (χ0) is 14.8. The topological polar surface area (TPSA) is 76.1 Å². The number of aliphatic hydroxyl groups is 1. The molecule has 1 aromatic carbocycles. The third-order valence-electron chi connectivity index (χ3n) is 3.55. The molecule has 0 radical (unpaired) electrons. The van der Waals surface area contributed by atoms with E-state index in [9.17, 15) is 13.5 Å². The second-order valence-electron chi connectivity index (χ2n) is 4.64. The van der Waals surface area contributed by atoms with Gasteiger partial charge in [-0.1, -0.05) is 18.2 Å². The number of aliphatic hydroxyl groups excluding tert-OH is 1. The van der Waals surface area contributed by atoms with Crippen LogP contribution in [-0.4, -0.2) is 57.3 Å². The number of hydrogen-bond donors (Lipinski definition) is 1. The smallest absolute Gasteiger partial charge is 0.243 e. The van der Waals surface area contributed by atoms with Gasteiger partial charge in [-0.2, -0.15) is 4.31 Å². The van der Waals surface area contributed by atoms with E-state index in [1.54, 1.807) is 18.2 Å². The van der Waals surface area contributed by atoms with Crippen molar-refractivity contribution in [1.82, 2.24) is 4.31 Å². The molecular weight excluding hydrogens is 282 g/mol. The van der Waals surface area contributed by atoms with Crippen LogP contribution < -0.4 is 0 Å². The summed E-state index contributed by atoms with van der Waals surface area (Å²) >= 11 is 0. The van der Waals surface area contributed by atoms with Gasteiger partial charge in [-0.3, -0.25) is 0 Å². The molecule has 1 aromatic rings.